The number of halogens is 3. The molecule has 1 aromatic carbocycles. The number of nitrogens with one attached hydrogen (secondary N) is 1. The van der Waals surface area contributed by atoms with E-state index in [9.17, 15) is 4.79 Å². The highest BCUT2D eigenvalue weighted by atomic mass is 127. The number of hydrogen-bond acceptors (Lipinski definition) is 2. The van der Waals surface area contributed by atoms with Crippen LogP contribution in [0, 0.1) is 2.88 Å². The lowest BCUT2D eigenvalue weighted by atomic mass is 9.75. The number of hydrogen-bond donors (Lipinski definition) is 1. The van der Waals surface area contributed by atoms with Gasteiger partial charge in [0.1, 0.15) is 0 Å². The Morgan fingerprint density at radius 1 is 1.29 bits per heavy atom. The Hall–Kier alpha value is -0.300. The Bertz CT molecular complexity index is 688. The van der Waals surface area contributed by atoms with Crippen molar-refractivity contribution < 1.29 is 4.79 Å². The van der Waals surface area contributed by atoms with Gasteiger partial charge >= 0.3 is 0 Å². The maximum Gasteiger partial charge on any atom is 0.253 e. The van der Waals surface area contributed by atoms with Gasteiger partial charge in [0.25, 0.3) is 5.91 Å². The van der Waals surface area contributed by atoms with E-state index in [1.54, 1.807) is 17.4 Å². The average Bonchev–Trinajstić information content (AvgIpc) is 2.84. The van der Waals surface area contributed by atoms with E-state index in [2.05, 4.69) is 27.9 Å². The molecule has 2 atom stereocenters. The molecule has 1 aromatic heterocycles. The number of carbonyl (C=O) groups excluding carboxylic acids is 1. The van der Waals surface area contributed by atoms with Gasteiger partial charge in [0.05, 0.1) is 8.45 Å². The van der Waals surface area contributed by atoms with Crippen LogP contribution in [-0.4, -0.2) is 11.9 Å². The SMILES string of the molecule is O=C(N[C@H]1CC[C@H]1c1ccc(Cl)cc1Cl)c1ccsc1I. The Morgan fingerprint density at radius 2 is 2.10 bits per heavy atom. The molecule has 1 saturated carbocycles. The maximum atomic E-state index is 12.3. The number of thiophene rings is 1. The molecule has 3 rings (SSSR count). The monoisotopic (exact) mass is 451 g/mol. The Balaban J connectivity index is 1.73. The lowest BCUT2D eigenvalue weighted by Crippen LogP contribution is -2.45. The molecule has 1 aliphatic carbocycles. The normalized spacial score (nSPS) is 20.9. The van der Waals surface area contributed by atoms with Gasteiger partial charge in [-0.25, -0.2) is 0 Å². The minimum Gasteiger partial charge on any atom is -0.349 e. The highest BCUT2D eigenvalue weighted by Crippen LogP contribution is 2.41. The van der Waals surface area contributed by atoms with Crippen molar-refractivity contribution in [3.63, 3.8) is 0 Å². The van der Waals surface area contributed by atoms with Crippen LogP contribution in [0.3, 0.4) is 0 Å². The molecular formula is C15H12Cl2INOS. The van der Waals surface area contributed by atoms with E-state index in [1.807, 2.05) is 23.6 Å². The molecule has 0 radical (unpaired) electrons. The number of rotatable bonds is 3. The topological polar surface area (TPSA) is 29.1 Å². The molecule has 110 valence electrons. The third-order valence-corrected chi connectivity index (χ3v) is 6.42. The average molecular weight is 452 g/mol. The Labute approximate surface area is 151 Å². The third kappa shape index (κ3) is 3.23. The fraction of sp³-hybridized carbons (Fsp3) is 0.267. The van der Waals surface area contributed by atoms with Crippen LogP contribution in [0.5, 0.6) is 0 Å². The summed E-state index contributed by atoms with van der Waals surface area (Å²) in [6.45, 7) is 0. The van der Waals surface area contributed by atoms with Crippen molar-refractivity contribution in [3.8, 4) is 0 Å². The van der Waals surface area contributed by atoms with Crippen molar-refractivity contribution >= 4 is 63.0 Å². The zero-order chi connectivity index (χ0) is 15.0. The van der Waals surface area contributed by atoms with Gasteiger partial charge in [-0.2, -0.15) is 0 Å². The van der Waals surface area contributed by atoms with Gasteiger partial charge in [0, 0.05) is 22.0 Å². The summed E-state index contributed by atoms with van der Waals surface area (Å²) < 4.78 is 1.02. The van der Waals surface area contributed by atoms with Crippen LogP contribution >= 0.6 is 57.1 Å². The Kier molecular flexibility index (Phi) is 4.78. The second kappa shape index (κ2) is 6.44. The first-order valence-electron chi connectivity index (χ1n) is 6.55. The van der Waals surface area contributed by atoms with Gasteiger partial charge in [-0.05, 0) is 64.6 Å². The van der Waals surface area contributed by atoms with E-state index in [0.29, 0.717) is 10.0 Å². The van der Waals surface area contributed by atoms with Crippen LogP contribution in [0.1, 0.15) is 34.7 Å². The summed E-state index contributed by atoms with van der Waals surface area (Å²) in [5.74, 6) is 0.274. The zero-order valence-electron chi connectivity index (χ0n) is 10.9. The van der Waals surface area contributed by atoms with Crippen molar-refractivity contribution in [1.29, 1.82) is 0 Å². The minimum absolute atomic E-state index is 0.000404. The van der Waals surface area contributed by atoms with Crippen molar-refractivity contribution in [2.24, 2.45) is 0 Å². The molecule has 2 nitrogen and oxygen atoms in total. The van der Waals surface area contributed by atoms with Crippen LogP contribution in [0.2, 0.25) is 10.0 Å². The second-order valence-corrected chi connectivity index (χ2v) is 8.61. The molecular weight excluding hydrogens is 440 g/mol. The molecule has 0 bridgehead atoms. The molecule has 0 saturated heterocycles. The molecule has 2 aromatic rings. The molecule has 1 heterocycles. The largest absolute Gasteiger partial charge is 0.349 e. The van der Waals surface area contributed by atoms with Gasteiger partial charge in [-0.3, -0.25) is 4.79 Å². The quantitative estimate of drug-likeness (QED) is 0.627. The second-order valence-electron chi connectivity index (χ2n) is 5.04. The van der Waals surface area contributed by atoms with Crippen LogP contribution in [0.15, 0.2) is 29.6 Å². The van der Waals surface area contributed by atoms with Gasteiger partial charge in [0.2, 0.25) is 0 Å². The molecule has 0 spiro atoms. The summed E-state index contributed by atoms with van der Waals surface area (Å²) in [6, 6.07) is 7.58. The molecule has 1 aliphatic rings. The van der Waals surface area contributed by atoms with Crippen molar-refractivity contribution in [2.75, 3.05) is 0 Å². The third-order valence-electron chi connectivity index (χ3n) is 3.82. The molecule has 1 N–H and O–H groups in total. The van der Waals surface area contributed by atoms with E-state index >= 15 is 0 Å². The number of benzene rings is 1. The van der Waals surface area contributed by atoms with E-state index in [4.69, 9.17) is 23.2 Å². The lowest BCUT2D eigenvalue weighted by Gasteiger charge is -2.38. The van der Waals surface area contributed by atoms with E-state index in [-0.39, 0.29) is 17.9 Å². The van der Waals surface area contributed by atoms with Crippen LogP contribution in [0.25, 0.3) is 0 Å². The van der Waals surface area contributed by atoms with Crippen molar-refractivity contribution in [3.05, 3.63) is 53.7 Å². The molecule has 21 heavy (non-hydrogen) atoms. The van der Waals surface area contributed by atoms with E-state index in [1.165, 1.54) is 0 Å². The fourth-order valence-corrected chi connectivity index (χ4v) is 4.57. The molecule has 0 unspecified atom stereocenters. The summed E-state index contributed by atoms with van der Waals surface area (Å²) >= 11 is 16.0. The first-order chi connectivity index (χ1) is 10.1. The standard InChI is InChI=1S/C15H12Cl2INOS/c16-8-1-2-9(12(17)7-8)10-3-4-13(10)19-15(20)11-5-6-21-14(11)18/h1-2,5-7,10,13H,3-4H2,(H,19,20)/t10-,13-/m0/s1. The summed E-state index contributed by atoms with van der Waals surface area (Å²) in [6.07, 6.45) is 2.02. The zero-order valence-corrected chi connectivity index (χ0v) is 15.4. The van der Waals surface area contributed by atoms with Gasteiger partial charge in [-0.15, -0.1) is 11.3 Å². The first-order valence-corrected chi connectivity index (χ1v) is 9.26. The van der Waals surface area contributed by atoms with E-state index in [0.717, 1.165) is 26.9 Å². The predicted octanol–water partition coefficient (Wildman–Crippen LogP) is 5.34. The predicted molar refractivity (Wildman–Crippen MR) is 96.7 cm³/mol. The molecule has 1 fully saturated rings. The Morgan fingerprint density at radius 3 is 2.67 bits per heavy atom. The van der Waals surface area contributed by atoms with Crippen molar-refractivity contribution in [2.45, 2.75) is 24.8 Å². The maximum absolute atomic E-state index is 12.3. The molecule has 6 heteroatoms. The summed E-state index contributed by atoms with van der Waals surface area (Å²) in [5, 5.41) is 6.37. The number of carbonyl (C=O) groups is 1. The molecule has 0 aliphatic heterocycles. The van der Waals surface area contributed by atoms with Gasteiger partial charge in [0.15, 0.2) is 0 Å². The lowest BCUT2D eigenvalue weighted by molar-refractivity contribution is 0.0904. The summed E-state index contributed by atoms with van der Waals surface area (Å²) in [7, 11) is 0. The van der Waals surface area contributed by atoms with Crippen LogP contribution < -0.4 is 5.32 Å². The summed E-state index contributed by atoms with van der Waals surface area (Å²) in [4.78, 5) is 12.3. The highest BCUT2D eigenvalue weighted by molar-refractivity contribution is 14.1. The van der Waals surface area contributed by atoms with E-state index < -0.39 is 0 Å². The highest BCUT2D eigenvalue weighted by Gasteiger charge is 2.35. The fourth-order valence-electron chi connectivity index (χ4n) is 2.55. The van der Waals surface area contributed by atoms with Gasteiger partial charge < -0.3 is 5.32 Å². The van der Waals surface area contributed by atoms with Crippen LogP contribution in [-0.2, 0) is 0 Å². The number of amides is 1. The van der Waals surface area contributed by atoms with Crippen molar-refractivity contribution in [1.82, 2.24) is 5.32 Å². The molecule has 1 amide bonds. The smallest absolute Gasteiger partial charge is 0.253 e. The minimum atomic E-state index is 0.000404. The van der Waals surface area contributed by atoms with Gasteiger partial charge in [-0.1, -0.05) is 29.3 Å². The van der Waals surface area contributed by atoms with Crippen LogP contribution in [0.4, 0.5) is 0 Å². The summed E-state index contributed by atoms with van der Waals surface area (Å²) in [5.41, 5.74) is 1.83. The first kappa shape index (κ1) is 15.6.